The maximum atomic E-state index is 12.9. The van der Waals surface area contributed by atoms with Crippen LogP contribution in [0.4, 0.5) is 5.69 Å². The summed E-state index contributed by atoms with van der Waals surface area (Å²) in [6, 6.07) is 14.2. The molecule has 7 nitrogen and oxygen atoms in total. The molecule has 0 fully saturated rings. The standard InChI is InChI=1S/C21H23NO6S/c1-2-28-21(23)16-20(29(26,27)19-9-4-3-5-10-19)11-7-6-8-17-12-14-18(15-13-17)22(24)25/h3-5,7,9-15,20H,2,6,8,16H2,1H3/b11-7+. The van der Waals surface area contributed by atoms with E-state index in [1.165, 1.54) is 30.3 Å². The van der Waals surface area contributed by atoms with E-state index < -0.39 is 26.0 Å². The molecule has 1 unspecified atom stereocenters. The van der Waals surface area contributed by atoms with Crippen molar-refractivity contribution in [2.45, 2.75) is 36.3 Å². The zero-order valence-corrected chi connectivity index (χ0v) is 16.9. The van der Waals surface area contributed by atoms with Crippen LogP contribution >= 0.6 is 0 Å². The van der Waals surface area contributed by atoms with E-state index in [1.54, 1.807) is 43.3 Å². The summed E-state index contributed by atoms with van der Waals surface area (Å²) in [7, 11) is -3.74. The number of esters is 1. The lowest BCUT2D eigenvalue weighted by Gasteiger charge is -2.13. The third-order valence-corrected chi connectivity index (χ3v) is 6.29. The van der Waals surface area contributed by atoms with Gasteiger partial charge in [-0.25, -0.2) is 8.42 Å². The Morgan fingerprint density at radius 2 is 1.79 bits per heavy atom. The Labute approximate surface area is 170 Å². The smallest absolute Gasteiger partial charge is 0.307 e. The van der Waals surface area contributed by atoms with Crippen molar-refractivity contribution in [1.82, 2.24) is 0 Å². The predicted octanol–water partition coefficient (Wildman–Crippen LogP) is 3.88. The highest BCUT2D eigenvalue weighted by molar-refractivity contribution is 7.92. The molecule has 0 amide bonds. The number of carbonyl (C=O) groups excluding carboxylic acids is 1. The van der Waals surface area contributed by atoms with Crippen molar-refractivity contribution in [2.24, 2.45) is 0 Å². The van der Waals surface area contributed by atoms with Crippen molar-refractivity contribution >= 4 is 21.5 Å². The molecule has 2 aromatic carbocycles. The van der Waals surface area contributed by atoms with Crippen LogP contribution in [0.25, 0.3) is 0 Å². The average molecular weight is 417 g/mol. The van der Waals surface area contributed by atoms with Gasteiger partial charge in [-0.05, 0) is 37.5 Å². The number of nitro groups is 1. The van der Waals surface area contributed by atoms with Gasteiger partial charge in [-0.3, -0.25) is 14.9 Å². The Morgan fingerprint density at radius 1 is 1.14 bits per heavy atom. The first kappa shape index (κ1) is 22.3. The zero-order valence-electron chi connectivity index (χ0n) is 16.1. The fraction of sp³-hybridized carbons (Fsp3) is 0.286. The second-order valence-electron chi connectivity index (χ2n) is 6.30. The minimum atomic E-state index is -3.74. The number of hydrogen-bond donors (Lipinski definition) is 0. The summed E-state index contributed by atoms with van der Waals surface area (Å²) in [5.74, 6) is -0.572. The lowest BCUT2D eigenvalue weighted by atomic mass is 10.1. The van der Waals surface area contributed by atoms with E-state index in [1.807, 2.05) is 0 Å². The summed E-state index contributed by atoms with van der Waals surface area (Å²) < 4.78 is 30.7. The monoisotopic (exact) mass is 417 g/mol. The second kappa shape index (κ2) is 10.5. The minimum Gasteiger partial charge on any atom is -0.466 e. The van der Waals surface area contributed by atoms with Crippen molar-refractivity contribution in [1.29, 1.82) is 0 Å². The maximum absolute atomic E-state index is 12.9. The summed E-state index contributed by atoms with van der Waals surface area (Å²) in [4.78, 5) is 22.3. The van der Waals surface area contributed by atoms with Gasteiger partial charge in [0.1, 0.15) is 0 Å². The molecule has 0 aromatic heterocycles. The van der Waals surface area contributed by atoms with E-state index in [9.17, 15) is 23.3 Å². The average Bonchev–Trinajstić information content (AvgIpc) is 2.71. The van der Waals surface area contributed by atoms with Crippen LogP contribution in [-0.2, 0) is 25.8 Å². The Kier molecular flexibility index (Phi) is 8.09. The number of nitrogens with zero attached hydrogens (tertiary/aromatic N) is 1. The number of aryl methyl sites for hydroxylation is 1. The molecular formula is C21H23NO6S. The van der Waals surface area contributed by atoms with Crippen LogP contribution in [0.15, 0.2) is 71.6 Å². The van der Waals surface area contributed by atoms with E-state index in [2.05, 4.69) is 0 Å². The normalized spacial score (nSPS) is 12.6. The third-order valence-electron chi connectivity index (χ3n) is 4.24. The highest BCUT2D eigenvalue weighted by Crippen LogP contribution is 2.20. The van der Waals surface area contributed by atoms with Crippen LogP contribution in [0, 0.1) is 10.1 Å². The van der Waals surface area contributed by atoms with Crippen molar-refractivity contribution in [3.8, 4) is 0 Å². The number of non-ortho nitro benzene ring substituents is 1. The lowest BCUT2D eigenvalue weighted by molar-refractivity contribution is -0.384. The van der Waals surface area contributed by atoms with Gasteiger partial charge < -0.3 is 4.74 Å². The molecular weight excluding hydrogens is 394 g/mol. The Morgan fingerprint density at radius 3 is 2.38 bits per heavy atom. The van der Waals surface area contributed by atoms with Crippen LogP contribution < -0.4 is 0 Å². The van der Waals surface area contributed by atoms with Gasteiger partial charge in [-0.15, -0.1) is 0 Å². The molecule has 0 aliphatic rings. The summed E-state index contributed by atoms with van der Waals surface area (Å²) in [6.07, 6.45) is 4.09. The van der Waals surface area contributed by atoms with Crippen molar-refractivity contribution in [2.75, 3.05) is 6.61 Å². The van der Waals surface area contributed by atoms with Crippen LogP contribution in [0.5, 0.6) is 0 Å². The van der Waals surface area contributed by atoms with E-state index in [0.29, 0.717) is 12.8 Å². The molecule has 0 aliphatic carbocycles. The molecule has 0 saturated heterocycles. The molecule has 1 atom stereocenters. The number of ether oxygens (including phenoxy) is 1. The number of allylic oxidation sites excluding steroid dienone is 1. The van der Waals surface area contributed by atoms with Gasteiger partial charge in [0.25, 0.3) is 5.69 Å². The number of hydrogen-bond acceptors (Lipinski definition) is 6. The SMILES string of the molecule is CCOC(=O)CC(/C=C/CCc1ccc([N+](=O)[O-])cc1)S(=O)(=O)c1ccccc1. The quantitative estimate of drug-likeness (QED) is 0.251. The maximum Gasteiger partial charge on any atom is 0.307 e. The van der Waals surface area contributed by atoms with Crippen LogP contribution in [0.3, 0.4) is 0 Å². The Bertz CT molecular complexity index is 952. The van der Waals surface area contributed by atoms with Gasteiger partial charge in [-0.1, -0.05) is 42.5 Å². The van der Waals surface area contributed by atoms with E-state index in [0.717, 1.165) is 5.56 Å². The van der Waals surface area contributed by atoms with Gasteiger partial charge in [0.2, 0.25) is 0 Å². The molecule has 2 rings (SSSR count). The number of carbonyl (C=O) groups is 1. The van der Waals surface area contributed by atoms with Gasteiger partial charge in [0.05, 0.1) is 28.1 Å². The summed E-state index contributed by atoms with van der Waals surface area (Å²) in [5.41, 5.74) is 0.917. The highest BCUT2D eigenvalue weighted by Gasteiger charge is 2.28. The fourth-order valence-corrected chi connectivity index (χ4v) is 4.29. The van der Waals surface area contributed by atoms with Crippen molar-refractivity contribution in [3.63, 3.8) is 0 Å². The fourth-order valence-electron chi connectivity index (χ4n) is 2.73. The van der Waals surface area contributed by atoms with E-state index in [4.69, 9.17) is 4.74 Å². The van der Waals surface area contributed by atoms with Crippen LogP contribution in [0.1, 0.15) is 25.3 Å². The molecule has 2 aromatic rings. The molecule has 8 heteroatoms. The molecule has 0 bridgehead atoms. The second-order valence-corrected chi connectivity index (χ2v) is 8.46. The molecule has 154 valence electrons. The molecule has 0 heterocycles. The van der Waals surface area contributed by atoms with Gasteiger partial charge in [0.15, 0.2) is 9.84 Å². The molecule has 0 radical (unpaired) electrons. The van der Waals surface area contributed by atoms with Crippen molar-refractivity contribution in [3.05, 3.63) is 82.4 Å². The van der Waals surface area contributed by atoms with Crippen LogP contribution in [0.2, 0.25) is 0 Å². The molecule has 29 heavy (non-hydrogen) atoms. The molecule has 0 spiro atoms. The Hall–Kier alpha value is -3.00. The predicted molar refractivity (Wildman–Crippen MR) is 109 cm³/mol. The first-order chi connectivity index (χ1) is 13.8. The van der Waals surface area contributed by atoms with Gasteiger partial charge in [-0.2, -0.15) is 0 Å². The minimum absolute atomic E-state index is 0.0211. The molecule has 0 aliphatic heterocycles. The summed E-state index contributed by atoms with van der Waals surface area (Å²) in [5, 5.41) is 9.67. The number of benzene rings is 2. The highest BCUT2D eigenvalue weighted by atomic mass is 32.2. The third kappa shape index (κ3) is 6.53. The summed E-state index contributed by atoms with van der Waals surface area (Å²) >= 11 is 0. The van der Waals surface area contributed by atoms with Crippen molar-refractivity contribution < 1.29 is 22.9 Å². The van der Waals surface area contributed by atoms with Crippen LogP contribution in [-0.4, -0.2) is 31.2 Å². The number of sulfone groups is 1. The first-order valence-corrected chi connectivity index (χ1v) is 10.7. The first-order valence-electron chi connectivity index (χ1n) is 9.19. The lowest BCUT2D eigenvalue weighted by Crippen LogP contribution is -2.24. The number of nitro benzene ring substituents is 1. The van der Waals surface area contributed by atoms with E-state index in [-0.39, 0.29) is 23.6 Å². The molecule has 0 saturated carbocycles. The topological polar surface area (TPSA) is 104 Å². The zero-order chi connectivity index (χ0) is 21.3. The number of rotatable bonds is 10. The van der Waals surface area contributed by atoms with Gasteiger partial charge >= 0.3 is 5.97 Å². The molecule has 0 N–H and O–H groups in total. The largest absolute Gasteiger partial charge is 0.466 e. The van der Waals surface area contributed by atoms with E-state index >= 15 is 0 Å². The summed E-state index contributed by atoms with van der Waals surface area (Å²) in [6.45, 7) is 1.85. The Balaban J connectivity index is 2.10. The van der Waals surface area contributed by atoms with Gasteiger partial charge in [0, 0.05) is 12.1 Å².